The number of hydrogen-bond acceptors (Lipinski definition) is 4. The van der Waals surface area contributed by atoms with E-state index < -0.39 is 0 Å². The Balaban J connectivity index is 2.02. The second-order valence-corrected chi connectivity index (χ2v) is 4.81. The van der Waals surface area contributed by atoms with Crippen LogP contribution in [0.5, 0.6) is 11.5 Å². The van der Waals surface area contributed by atoms with Gasteiger partial charge in [-0.1, -0.05) is 19.9 Å². The SMILES string of the molecule is CC(C)CCNC(C#N)c1ccc2c(c1)OCO2. The number of nitrogens with zero attached hydrogens (tertiary/aromatic N) is 1. The first-order valence-electron chi connectivity index (χ1n) is 6.23. The topological polar surface area (TPSA) is 54.3 Å². The van der Waals surface area contributed by atoms with Gasteiger partial charge >= 0.3 is 0 Å². The summed E-state index contributed by atoms with van der Waals surface area (Å²) in [6.07, 6.45) is 1.06. The van der Waals surface area contributed by atoms with Gasteiger partial charge in [0.15, 0.2) is 11.5 Å². The number of benzene rings is 1. The molecule has 0 bridgehead atoms. The summed E-state index contributed by atoms with van der Waals surface area (Å²) in [5, 5.41) is 12.5. The van der Waals surface area contributed by atoms with Crippen LogP contribution < -0.4 is 14.8 Å². The highest BCUT2D eigenvalue weighted by atomic mass is 16.7. The standard InChI is InChI=1S/C14H18N2O2/c1-10(2)5-6-16-12(8-15)11-3-4-13-14(7-11)18-9-17-13/h3-4,7,10,12,16H,5-6,9H2,1-2H3. The summed E-state index contributed by atoms with van der Waals surface area (Å²) in [7, 11) is 0. The van der Waals surface area contributed by atoms with E-state index in [0.29, 0.717) is 5.92 Å². The molecule has 0 aliphatic carbocycles. The molecule has 96 valence electrons. The van der Waals surface area contributed by atoms with E-state index in [4.69, 9.17) is 9.47 Å². The van der Waals surface area contributed by atoms with Crippen molar-refractivity contribution in [3.8, 4) is 17.6 Å². The molecule has 2 rings (SSSR count). The zero-order valence-corrected chi connectivity index (χ0v) is 10.8. The third-order valence-corrected chi connectivity index (χ3v) is 2.93. The summed E-state index contributed by atoms with van der Waals surface area (Å²) in [6, 6.07) is 7.62. The minimum Gasteiger partial charge on any atom is -0.454 e. The smallest absolute Gasteiger partial charge is 0.231 e. The summed E-state index contributed by atoms with van der Waals surface area (Å²) in [6.45, 7) is 5.44. The Bertz CT molecular complexity index is 452. The lowest BCUT2D eigenvalue weighted by atomic mass is 10.1. The molecule has 4 nitrogen and oxygen atoms in total. The zero-order valence-electron chi connectivity index (χ0n) is 10.8. The molecule has 4 heteroatoms. The maximum absolute atomic E-state index is 9.21. The van der Waals surface area contributed by atoms with Crippen LogP contribution in [0.15, 0.2) is 18.2 Å². The van der Waals surface area contributed by atoms with Gasteiger partial charge in [-0.15, -0.1) is 0 Å². The molecule has 0 spiro atoms. The van der Waals surface area contributed by atoms with Crippen molar-refractivity contribution in [3.05, 3.63) is 23.8 Å². The number of rotatable bonds is 5. The van der Waals surface area contributed by atoms with E-state index in [-0.39, 0.29) is 12.8 Å². The van der Waals surface area contributed by atoms with Crippen LogP contribution in [0.2, 0.25) is 0 Å². The molecule has 0 amide bonds. The van der Waals surface area contributed by atoms with Gasteiger partial charge in [0, 0.05) is 0 Å². The fraction of sp³-hybridized carbons (Fsp3) is 0.500. The third-order valence-electron chi connectivity index (χ3n) is 2.93. The highest BCUT2D eigenvalue weighted by molar-refractivity contribution is 5.46. The normalized spacial score (nSPS) is 14.6. The monoisotopic (exact) mass is 246 g/mol. The molecule has 1 heterocycles. The van der Waals surface area contributed by atoms with Gasteiger partial charge in [-0.3, -0.25) is 5.32 Å². The van der Waals surface area contributed by atoms with E-state index in [1.54, 1.807) is 0 Å². The molecular weight excluding hydrogens is 228 g/mol. The number of nitriles is 1. The second-order valence-electron chi connectivity index (χ2n) is 4.81. The molecule has 18 heavy (non-hydrogen) atoms. The van der Waals surface area contributed by atoms with Crippen molar-refractivity contribution in [2.75, 3.05) is 13.3 Å². The van der Waals surface area contributed by atoms with Crippen molar-refractivity contribution in [1.29, 1.82) is 5.26 Å². The Morgan fingerprint density at radius 2 is 2.11 bits per heavy atom. The number of nitrogens with one attached hydrogen (secondary N) is 1. The molecule has 1 aromatic rings. The quantitative estimate of drug-likeness (QED) is 0.867. The van der Waals surface area contributed by atoms with Gasteiger partial charge < -0.3 is 9.47 Å². The van der Waals surface area contributed by atoms with E-state index in [1.807, 2.05) is 18.2 Å². The van der Waals surface area contributed by atoms with Crippen molar-refractivity contribution in [3.63, 3.8) is 0 Å². The second kappa shape index (κ2) is 5.74. The molecule has 1 aliphatic rings. The molecular formula is C14H18N2O2. The maximum atomic E-state index is 9.21. The first kappa shape index (κ1) is 12.7. The molecule has 1 unspecified atom stereocenters. The highest BCUT2D eigenvalue weighted by Crippen LogP contribution is 2.34. The third kappa shape index (κ3) is 2.93. The molecule has 0 saturated heterocycles. The van der Waals surface area contributed by atoms with Crippen LogP contribution in [0.4, 0.5) is 0 Å². The van der Waals surface area contributed by atoms with Crippen LogP contribution >= 0.6 is 0 Å². The highest BCUT2D eigenvalue weighted by Gasteiger charge is 2.17. The summed E-state index contributed by atoms with van der Waals surface area (Å²) in [5.74, 6) is 2.10. The first-order valence-corrected chi connectivity index (χ1v) is 6.23. The van der Waals surface area contributed by atoms with Gasteiger partial charge in [0.2, 0.25) is 6.79 Å². The lowest BCUT2D eigenvalue weighted by Crippen LogP contribution is -2.22. The summed E-state index contributed by atoms with van der Waals surface area (Å²) < 4.78 is 10.6. The molecule has 1 aromatic carbocycles. The van der Waals surface area contributed by atoms with Gasteiger partial charge in [-0.05, 0) is 36.6 Å². The van der Waals surface area contributed by atoms with Crippen molar-refractivity contribution in [2.24, 2.45) is 5.92 Å². The summed E-state index contributed by atoms with van der Waals surface area (Å²) >= 11 is 0. The average Bonchev–Trinajstić information content (AvgIpc) is 2.81. The van der Waals surface area contributed by atoms with Crippen LogP contribution in [0, 0.1) is 17.2 Å². The minimum absolute atomic E-state index is 0.261. The Kier molecular flexibility index (Phi) is 4.06. The van der Waals surface area contributed by atoms with E-state index in [1.165, 1.54) is 0 Å². The predicted molar refractivity (Wildman–Crippen MR) is 68.4 cm³/mol. The molecule has 0 fully saturated rings. The molecule has 1 N–H and O–H groups in total. The fourth-order valence-electron chi connectivity index (χ4n) is 1.85. The van der Waals surface area contributed by atoms with Gasteiger partial charge in [-0.25, -0.2) is 0 Å². The van der Waals surface area contributed by atoms with Crippen LogP contribution in [0.1, 0.15) is 31.9 Å². The summed E-state index contributed by atoms with van der Waals surface area (Å²) in [5.41, 5.74) is 0.922. The average molecular weight is 246 g/mol. The van der Waals surface area contributed by atoms with Crippen molar-refractivity contribution in [2.45, 2.75) is 26.3 Å². The largest absolute Gasteiger partial charge is 0.454 e. The lowest BCUT2D eigenvalue weighted by molar-refractivity contribution is 0.174. The number of fused-ring (bicyclic) bond motifs is 1. The van der Waals surface area contributed by atoms with E-state index in [0.717, 1.165) is 30.0 Å². The van der Waals surface area contributed by atoms with Crippen molar-refractivity contribution in [1.82, 2.24) is 5.32 Å². The first-order chi connectivity index (χ1) is 8.70. The van der Waals surface area contributed by atoms with Crippen molar-refractivity contribution < 1.29 is 9.47 Å². The Morgan fingerprint density at radius 3 is 2.83 bits per heavy atom. The molecule has 0 radical (unpaired) electrons. The van der Waals surface area contributed by atoms with Gasteiger partial charge in [-0.2, -0.15) is 5.26 Å². The number of hydrogen-bond donors (Lipinski definition) is 1. The van der Waals surface area contributed by atoms with Gasteiger partial charge in [0.05, 0.1) is 6.07 Å². The number of ether oxygens (including phenoxy) is 2. The minimum atomic E-state index is -0.293. The van der Waals surface area contributed by atoms with E-state index in [9.17, 15) is 5.26 Å². The van der Waals surface area contributed by atoms with E-state index >= 15 is 0 Å². The summed E-state index contributed by atoms with van der Waals surface area (Å²) in [4.78, 5) is 0. The van der Waals surface area contributed by atoms with E-state index in [2.05, 4.69) is 25.2 Å². The molecule has 1 aliphatic heterocycles. The van der Waals surface area contributed by atoms with Crippen LogP contribution in [0.3, 0.4) is 0 Å². The Hall–Kier alpha value is -1.73. The molecule has 0 aromatic heterocycles. The molecule has 1 atom stereocenters. The van der Waals surface area contributed by atoms with Crippen LogP contribution in [-0.2, 0) is 0 Å². The Labute approximate surface area is 108 Å². The van der Waals surface area contributed by atoms with Crippen LogP contribution in [0.25, 0.3) is 0 Å². The van der Waals surface area contributed by atoms with Gasteiger partial charge in [0.25, 0.3) is 0 Å². The molecule has 0 saturated carbocycles. The Morgan fingerprint density at radius 1 is 1.33 bits per heavy atom. The van der Waals surface area contributed by atoms with Crippen LogP contribution in [-0.4, -0.2) is 13.3 Å². The lowest BCUT2D eigenvalue weighted by Gasteiger charge is -2.13. The predicted octanol–water partition coefficient (Wildman–Crippen LogP) is 2.62. The van der Waals surface area contributed by atoms with Gasteiger partial charge in [0.1, 0.15) is 6.04 Å². The maximum Gasteiger partial charge on any atom is 0.231 e. The zero-order chi connectivity index (χ0) is 13.0. The fourth-order valence-corrected chi connectivity index (χ4v) is 1.85. The van der Waals surface area contributed by atoms with Crippen molar-refractivity contribution >= 4 is 0 Å².